The molecule has 0 radical (unpaired) electrons. The zero-order chi connectivity index (χ0) is 22.3. The summed E-state index contributed by atoms with van der Waals surface area (Å²) in [6.07, 6.45) is 2.95. The number of carbonyl (C=O) groups excluding carboxylic acids is 3. The van der Waals surface area contributed by atoms with Gasteiger partial charge in [-0.05, 0) is 30.3 Å². The number of esters is 2. The molecule has 1 aromatic heterocycles. The highest BCUT2D eigenvalue weighted by Crippen LogP contribution is 2.16. The first-order valence-electron chi connectivity index (χ1n) is 8.17. The topological polar surface area (TPSA) is 155 Å². The third kappa shape index (κ3) is 5.78. The van der Waals surface area contributed by atoms with Gasteiger partial charge in [0.05, 0.1) is 25.2 Å². The molecule has 2 aromatic rings. The van der Waals surface area contributed by atoms with Gasteiger partial charge in [0.1, 0.15) is 11.3 Å². The van der Waals surface area contributed by atoms with Gasteiger partial charge in [0.25, 0.3) is 15.9 Å². The summed E-state index contributed by atoms with van der Waals surface area (Å²) < 4.78 is 36.0. The Bertz CT molecular complexity index is 1090. The summed E-state index contributed by atoms with van der Waals surface area (Å²) in [6, 6.07) is 7.54. The maximum Gasteiger partial charge on any atom is 0.354 e. The molecule has 30 heavy (non-hydrogen) atoms. The largest absolute Gasteiger partial charge is 0.619 e. The standard InChI is InChI=1S/C18H17N3O8S/c1-28-16(22)10-15(18(24)29-2)19-13-5-7-14(8-6-13)30(26,27)20-17(23)12-4-3-9-21(25)11-12/h3-11,19H,1-2H3,(H,20,23)/b15-10+. The fraction of sp³-hybridized carbons (Fsp3) is 0.111. The first-order valence-corrected chi connectivity index (χ1v) is 9.65. The molecule has 2 rings (SSSR count). The Labute approximate surface area is 171 Å². The fourth-order valence-electron chi connectivity index (χ4n) is 2.13. The molecular formula is C18H17N3O8S. The molecule has 1 heterocycles. The predicted octanol–water partition coefficient (Wildman–Crippen LogP) is 0.0805. The zero-order valence-electron chi connectivity index (χ0n) is 15.8. The smallest absolute Gasteiger partial charge is 0.354 e. The molecule has 0 spiro atoms. The first kappa shape index (κ1) is 22.4. The van der Waals surface area contributed by atoms with Crippen LogP contribution in [-0.2, 0) is 29.1 Å². The van der Waals surface area contributed by atoms with Crippen LogP contribution in [0.1, 0.15) is 10.4 Å². The zero-order valence-corrected chi connectivity index (χ0v) is 16.6. The van der Waals surface area contributed by atoms with Gasteiger partial charge in [-0.15, -0.1) is 0 Å². The number of sulfonamides is 1. The highest BCUT2D eigenvalue weighted by atomic mass is 32.2. The van der Waals surface area contributed by atoms with Gasteiger partial charge >= 0.3 is 11.9 Å². The second-order valence-electron chi connectivity index (χ2n) is 5.61. The number of nitrogens with one attached hydrogen (secondary N) is 2. The van der Waals surface area contributed by atoms with Crippen molar-refractivity contribution in [3.8, 4) is 0 Å². The van der Waals surface area contributed by atoms with Gasteiger partial charge in [-0.25, -0.2) is 22.7 Å². The number of carbonyl (C=O) groups is 3. The Morgan fingerprint density at radius 1 is 1.07 bits per heavy atom. The first-order chi connectivity index (χ1) is 14.2. The van der Waals surface area contributed by atoms with Gasteiger partial charge in [-0.3, -0.25) is 4.79 Å². The lowest BCUT2D eigenvalue weighted by atomic mass is 10.3. The van der Waals surface area contributed by atoms with Crippen LogP contribution < -0.4 is 14.8 Å². The van der Waals surface area contributed by atoms with E-state index in [0.29, 0.717) is 4.73 Å². The van der Waals surface area contributed by atoms with Crippen molar-refractivity contribution in [3.63, 3.8) is 0 Å². The third-order valence-electron chi connectivity index (χ3n) is 3.58. The summed E-state index contributed by atoms with van der Waals surface area (Å²) in [4.78, 5) is 35.0. The molecule has 158 valence electrons. The molecule has 0 unspecified atom stereocenters. The lowest BCUT2D eigenvalue weighted by Gasteiger charge is -2.10. The van der Waals surface area contributed by atoms with Gasteiger partial charge in [0.2, 0.25) is 0 Å². The SMILES string of the molecule is COC(=O)/C=C(/Nc1ccc(S(=O)(=O)NC(=O)c2ccc[n+]([O-])c2)cc1)C(=O)OC. The van der Waals surface area contributed by atoms with Gasteiger partial charge in [-0.2, -0.15) is 4.73 Å². The van der Waals surface area contributed by atoms with Crippen molar-refractivity contribution in [2.45, 2.75) is 4.90 Å². The molecular weight excluding hydrogens is 418 g/mol. The van der Waals surface area contributed by atoms with E-state index in [4.69, 9.17) is 0 Å². The number of methoxy groups -OCH3 is 2. The van der Waals surface area contributed by atoms with Crippen LogP contribution in [0.4, 0.5) is 5.69 Å². The molecule has 0 aliphatic rings. The monoisotopic (exact) mass is 435 g/mol. The molecule has 0 saturated heterocycles. The molecule has 0 saturated carbocycles. The van der Waals surface area contributed by atoms with Crippen LogP contribution >= 0.6 is 0 Å². The van der Waals surface area contributed by atoms with Crippen LogP contribution in [-0.4, -0.2) is 40.5 Å². The van der Waals surface area contributed by atoms with E-state index in [1.165, 1.54) is 36.4 Å². The van der Waals surface area contributed by atoms with Gasteiger partial charge in [-0.1, -0.05) is 0 Å². The van der Waals surface area contributed by atoms with Crippen LogP contribution in [0.25, 0.3) is 0 Å². The highest BCUT2D eigenvalue weighted by molar-refractivity contribution is 7.90. The summed E-state index contributed by atoms with van der Waals surface area (Å²) in [6.45, 7) is 0. The molecule has 0 atom stereocenters. The third-order valence-corrected chi connectivity index (χ3v) is 4.92. The second kappa shape index (κ2) is 9.52. The van der Waals surface area contributed by atoms with E-state index in [9.17, 15) is 28.0 Å². The van der Waals surface area contributed by atoms with Crippen LogP contribution in [0.5, 0.6) is 0 Å². The van der Waals surface area contributed by atoms with E-state index in [1.807, 2.05) is 4.72 Å². The maximum absolute atomic E-state index is 12.4. The van der Waals surface area contributed by atoms with E-state index in [-0.39, 0.29) is 21.8 Å². The number of aromatic nitrogens is 1. The Morgan fingerprint density at radius 3 is 2.30 bits per heavy atom. The van der Waals surface area contributed by atoms with E-state index >= 15 is 0 Å². The van der Waals surface area contributed by atoms with Gasteiger partial charge < -0.3 is 20.0 Å². The quantitative estimate of drug-likeness (QED) is 0.266. The number of amides is 1. The van der Waals surface area contributed by atoms with Gasteiger partial charge in [0, 0.05) is 11.8 Å². The Hall–Kier alpha value is -3.93. The molecule has 11 nitrogen and oxygen atoms in total. The van der Waals surface area contributed by atoms with Crippen LogP contribution in [0, 0.1) is 5.21 Å². The average Bonchev–Trinajstić information content (AvgIpc) is 2.72. The molecule has 0 bridgehead atoms. The fourth-order valence-corrected chi connectivity index (χ4v) is 3.11. The number of hydrogen-bond donors (Lipinski definition) is 2. The number of pyridine rings is 1. The van der Waals surface area contributed by atoms with Crippen LogP contribution in [0.2, 0.25) is 0 Å². The second-order valence-corrected chi connectivity index (χ2v) is 7.29. The number of nitrogens with zero attached hydrogens (tertiary/aromatic N) is 1. The number of benzene rings is 1. The minimum absolute atomic E-state index is 0.134. The summed E-state index contributed by atoms with van der Waals surface area (Å²) >= 11 is 0. The normalized spacial score (nSPS) is 11.3. The molecule has 0 aliphatic heterocycles. The number of anilines is 1. The molecule has 0 fully saturated rings. The summed E-state index contributed by atoms with van der Waals surface area (Å²) in [5, 5.41) is 13.8. The van der Waals surface area contributed by atoms with E-state index in [2.05, 4.69) is 14.8 Å². The van der Waals surface area contributed by atoms with Crippen molar-refractivity contribution in [2.24, 2.45) is 0 Å². The van der Waals surface area contributed by atoms with Crippen molar-refractivity contribution >= 4 is 33.6 Å². The summed E-state index contributed by atoms with van der Waals surface area (Å²) in [5.41, 5.74) is -0.107. The van der Waals surface area contributed by atoms with E-state index < -0.39 is 27.9 Å². The Kier molecular flexibility index (Phi) is 7.09. The molecule has 0 aliphatic carbocycles. The summed E-state index contributed by atoms with van der Waals surface area (Å²) in [5.74, 6) is -2.62. The van der Waals surface area contributed by atoms with Crippen molar-refractivity contribution in [2.75, 3.05) is 19.5 Å². The molecule has 1 aromatic carbocycles. The molecule has 2 N–H and O–H groups in total. The number of rotatable bonds is 7. The Morgan fingerprint density at radius 2 is 1.73 bits per heavy atom. The number of hydrogen-bond acceptors (Lipinski definition) is 9. The Balaban J connectivity index is 2.19. The minimum Gasteiger partial charge on any atom is -0.619 e. The van der Waals surface area contributed by atoms with Crippen molar-refractivity contribution < 1.29 is 37.0 Å². The highest BCUT2D eigenvalue weighted by Gasteiger charge is 2.20. The van der Waals surface area contributed by atoms with Crippen molar-refractivity contribution in [1.29, 1.82) is 0 Å². The summed E-state index contributed by atoms with van der Waals surface area (Å²) in [7, 11) is -1.98. The average molecular weight is 435 g/mol. The lowest BCUT2D eigenvalue weighted by Crippen LogP contribution is -2.33. The molecule has 1 amide bonds. The number of ether oxygens (including phenoxy) is 2. The van der Waals surface area contributed by atoms with E-state index in [1.54, 1.807) is 0 Å². The van der Waals surface area contributed by atoms with E-state index in [0.717, 1.165) is 32.7 Å². The van der Waals surface area contributed by atoms with Crippen LogP contribution in [0.3, 0.4) is 0 Å². The maximum atomic E-state index is 12.4. The van der Waals surface area contributed by atoms with Crippen molar-refractivity contribution in [1.82, 2.24) is 4.72 Å². The van der Waals surface area contributed by atoms with Crippen molar-refractivity contribution in [3.05, 3.63) is 71.3 Å². The van der Waals surface area contributed by atoms with Crippen LogP contribution in [0.15, 0.2) is 65.5 Å². The minimum atomic E-state index is -4.23. The predicted molar refractivity (Wildman–Crippen MR) is 102 cm³/mol. The lowest BCUT2D eigenvalue weighted by molar-refractivity contribution is -0.605. The van der Waals surface area contributed by atoms with Gasteiger partial charge in [0.15, 0.2) is 12.4 Å². The molecule has 12 heteroatoms.